The number of fused-ring (bicyclic) bond motifs is 2. The molecule has 2 aromatic carbocycles. The maximum Gasteiger partial charge on any atom is 0.249 e. The Bertz CT molecular complexity index is 790. The second kappa shape index (κ2) is 6.67. The van der Waals surface area contributed by atoms with Crippen LogP contribution in [-0.2, 0) is 11.2 Å². The van der Waals surface area contributed by atoms with Gasteiger partial charge in [-0.25, -0.2) is 0 Å². The molecule has 0 aliphatic carbocycles. The summed E-state index contributed by atoms with van der Waals surface area (Å²) in [5, 5.41) is 3.29. The van der Waals surface area contributed by atoms with Crippen LogP contribution in [0.1, 0.15) is 18.9 Å². The van der Waals surface area contributed by atoms with Crippen molar-refractivity contribution in [2.75, 3.05) is 30.0 Å². The highest BCUT2D eigenvalue weighted by molar-refractivity contribution is 5.99. The highest BCUT2D eigenvalue weighted by Gasteiger charge is 2.26. The summed E-state index contributed by atoms with van der Waals surface area (Å²) in [7, 11) is 0. The van der Waals surface area contributed by atoms with E-state index in [1.54, 1.807) is 0 Å². The quantitative estimate of drug-likeness (QED) is 0.933. The highest BCUT2D eigenvalue weighted by Crippen LogP contribution is 2.33. The van der Waals surface area contributed by atoms with Crippen LogP contribution in [0.5, 0.6) is 11.5 Å². The van der Waals surface area contributed by atoms with E-state index in [2.05, 4.69) is 11.4 Å². The molecular formula is C20H22N2O3. The molecule has 5 heteroatoms. The van der Waals surface area contributed by atoms with Gasteiger partial charge in [0.1, 0.15) is 19.3 Å². The SMILES string of the molecule is CC(Nc1ccc2c(c1)OCCO2)C(=O)N1CCCc2ccccc21. The largest absolute Gasteiger partial charge is 0.486 e. The molecule has 5 nitrogen and oxygen atoms in total. The molecule has 1 atom stereocenters. The van der Waals surface area contributed by atoms with Crippen LogP contribution in [0, 0.1) is 0 Å². The molecule has 0 bridgehead atoms. The summed E-state index contributed by atoms with van der Waals surface area (Å²) in [6, 6.07) is 13.5. The van der Waals surface area contributed by atoms with Crippen molar-refractivity contribution >= 4 is 17.3 Å². The van der Waals surface area contributed by atoms with Gasteiger partial charge in [0.25, 0.3) is 0 Å². The summed E-state index contributed by atoms with van der Waals surface area (Å²) in [4.78, 5) is 14.9. The lowest BCUT2D eigenvalue weighted by Gasteiger charge is -2.32. The van der Waals surface area contributed by atoms with E-state index < -0.39 is 0 Å². The van der Waals surface area contributed by atoms with Gasteiger partial charge in [-0.1, -0.05) is 18.2 Å². The van der Waals surface area contributed by atoms with Gasteiger partial charge in [-0.3, -0.25) is 4.79 Å². The maximum atomic E-state index is 13.0. The lowest BCUT2D eigenvalue weighted by atomic mass is 10.0. The van der Waals surface area contributed by atoms with Crippen LogP contribution >= 0.6 is 0 Å². The van der Waals surface area contributed by atoms with Crippen molar-refractivity contribution in [3.05, 3.63) is 48.0 Å². The summed E-state index contributed by atoms with van der Waals surface area (Å²) in [6.07, 6.45) is 2.03. The number of nitrogens with one attached hydrogen (secondary N) is 1. The summed E-state index contributed by atoms with van der Waals surface area (Å²) in [5.41, 5.74) is 3.14. The first-order valence-electron chi connectivity index (χ1n) is 8.78. The number of carbonyl (C=O) groups excluding carboxylic acids is 1. The number of anilines is 2. The van der Waals surface area contributed by atoms with E-state index in [-0.39, 0.29) is 11.9 Å². The fourth-order valence-corrected chi connectivity index (χ4v) is 3.44. The van der Waals surface area contributed by atoms with Gasteiger partial charge in [-0.15, -0.1) is 0 Å². The average molecular weight is 338 g/mol. The minimum Gasteiger partial charge on any atom is -0.486 e. The molecule has 0 saturated heterocycles. The summed E-state index contributed by atoms with van der Waals surface area (Å²) in [5.74, 6) is 1.56. The molecule has 0 spiro atoms. The second-order valence-electron chi connectivity index (χ2n) is 6.45. The monoisotopic (exact) mass is 338 g/mol. The zero-order valence-corrected chi connectivity index (χ0v) is 14.3. The van der Waals surface area contributed by atoms with Gasteiger partial charge in [-0.2, -0.15) is 0 Å². The Balaban J connectivity index is 1.50. The van der Waals surface area contributed by atoms with E-state index in [0.29, 0.717) is 13.2 Å². The number of carbonyl (C=O) groups is 1. The topological polar surface area (TPSA) is 50.8 Å². The van der Waals surface area contributed by atoms with E-state index in [0.717, 1.165) is 42.3 Å². The number of aryl methyl sites for hydroxylation is 1. The molecule has 0 radical (unpaired) electrons. The van der Waals surface area contributed by atoms with Crippen LogP contribution in [0.15, 0.2) is 42.5 Å². The molecule has 0 saturated carbocycles. The zero-order chi connectivity index (χ0) is 17.2. The molecule has 2 aromatic rings. The van der Waals surface area contributed by atoms with Gasteiger partial charge >= 0.3 is 0 Å². The lowest BCUT2D eigenvalue weighted by Crippen LogP contribution is -2.44. The van der Waals surface area contributed by atoms with Crippen LogP contribution < -0.4 is 19.7 Å². The number of benzene rings is 2. The number of hydrogen-bond acceptors (Lipinski definition) is 4. The van der Waals surface area contributed by atoms with Crippen molar-refractivity contribution in [1.29, 1.82) is 0 Å². The first-order valence-corrected chi connectivity index (χ1v) is 8.78. The molecule has 1 amide bonds. The Kier molecular flexibility index (Phi) is 4.22. The smallest absolute Gasteiger partial charge is 0.249 e. The molecule has 2 aliphatic heterocycles. The Hall–Kier alpha value is -2.69. The molecule has 4 rings (SSSR count). The Morgan fingerprint density at radius 2 is 1.92 bits per heavy atom. The lowest BCUT2D eigenvalue weighted by molar-refractivity contribution is -0.119. The molecule has 2 aliphatic rings. The number of rotatable bonds is 3. The van der Waals surface area contributed by atoms with Crippen molar-refractivity contribution in [3.63, 3.8) is 0 Å². The van der Waals surface area contributed by atoms with E-state index in [1.807, 2.05) is 48.2 Å². The third-order valence-corrected chi connectivity index (χ3v) is 4.67. The van der Waals surface area contributed by atoms with Gasteiger partial charge in [-0.05, 0) is 43.5 Å². The molecule has 0 aromatic heterocycles. The molecule has 0 fully saturated rings. The predicted octanol–water partition coefficient (Wildman–Crippen LogP) is 3.24. The molecule has 25 heavy (non-hydrogen) atoms. The van der Waals surface area contributed by atoms with E-state index in [4.69, 9.17) is 9.47 Å². The van der Waals surface area contributed by atoms with Gasteiger partial charge < -0.3 is 19.7 Å². The average Bonchev–Trinajstić information content (AvgIpc) is 2.67. The molecule has 130 valence electrons. The zero-order valence-electron chi connectivity index (χ0n) is 14.3. The molecule has 1 unspecified atom stereocenters. The van der Waals surface area contributed by atoms with E-state index >= 15 is 0 Å². The second-order valence-corrected chi connectivity index (χ2v) is 6.45. The number of amides is 1. The van der Waals surface area contributed by atoms with Crippen molar-refractivity contribution in [2.45, 2.75) is 25.8 Å². The number of ether oxygens (including phenoxy) is 2. The van der Waals surface area contributed by atoms with Gasteiger partial charge in [0, 0.05) is 24.0 Å². The van der Waals surface area contributed by atoms with Crippen LogP contribution in [0.3, 0.4) is 0 Å². The van der Waals surface area contributed by atoms with Crippen molar-refractivity contribution in [3.8, 4) is 11.5 Å². The summed E-state index contributed by atoms with van der Waals surface area (Å²) in [6.45, 7) is 3.79. The first-order chi connectivity index (χ1) is 12.2. The standard InChI is InChI=1S/C20H22N2O3/c1-14(21-16-8-9-18-19(13-16)25-12-11-24-18)20(23)22-10-4-6-15-5-2-3-7-17(15)22/h2-3,5,7-9,13-14,21H,4,6,10-12H2,1H3. The third kappa shape index (κ3) is 3.14. The fraction of sp³-hybridized carbons (Fsp3) is 0.350. The number of hydrogen-bond donors (Lipinski definition) is 1. The van der Waals surface area contributed by atoms with E-state index in [1.165, 1.54) is 5.56 Å². The minimum absolute atomic E-state index is 0.0852. The molecule has 1 N–H and O–H groups in total. The maximum absolute atomic E-state index is 13.0. The third-order valence-electron chi connectivity index (χ3n) is 4.67. The van der Waals surface area contributed by atoms with Gasteiger partial charge in [0.2, 0.25) is 5.91 Å². The Labute approximate surface area is 147 Å². The minimum atomic E-state index is -0.325. The summed E-state index contributed by atoms with van der Waals surface area (Å²) >= 11 is 0. The van der Waals surface area contributed by atoms with Crippen LogP contribution in [0.4, 0.5) is 11.4 Å². The normalized spacial score (nSPS) is 16.8. The first kappa shape index (κ1) is 15.8. The van der Waals surface area contributed by atoms with E-state index in [9.17, 15) is 4.79 Å². The molecular weight excluding hydrogens is 316 g/mol. The Morgan fingerprint density at radius 3 is 2.80 bits per heavy atom. The van der Waals surface area contributed by atoms with Gasteiger partial charge in [0.05, 0.1) is 0 Å². The van der Waals surface area contributed by atoms with Crippen molar-refractivity contribution in [1.82, 2.24) is 0 Å². The number of para-hydroxylation sites is 1. The van der Waals surface area contributed by atoms with Crippen molar-refractivity contribution in [2.24, 2.45) is 0 Å². The highest BCUT2D eigenvalue weighted by atomic mass is 16.6. The molecule has 2 heterocycles. The Morgan fingerprint density at radius 1 is 1.12 bits per heavy atom. The van der Waals surface area contributed by atoms with Crippen LogP contribution in [0.2, 0.25) is 0 Å². The van der Waals surface area contributed by atoms with Crippen LogP contribution in [-0.4, -0.2) is 31.7 Å². The number of nitrogens with zero attached hydrogens (tertiary/aromatic N) is 1. The summed E-state index contributed by atoms with van der Waals surface area (Å²) < 4.78 is 11.1. The van der Waals surface area contributed by atoms with Crippen molar-refractivity contribution < 1.29 is 14.3 Å². The predicted molar refractivity (Wildman–Crippen MR) is 97.6 cm³/mol. The fourth-order valence-electron chi connectivity index (χ4n) is 3.44. The van der Waals surface area contributed by atoms with Crippen LogP contribution in [0.25, 0.3) is 0 Å². The van der Waals surface area contributed by atoms with Gasteiger partial charge in [0.15, 0.2) is 11.5 Å².